The summed E-state index contributed by atoms with van der Waals surface area (Å²) in [6.07, 6.45) is 2.38. The fourth-order valence-electron chi connectivity index (χ4n) is 2.02. The van der Waals surface area contributed by atoms with Gasteiger partial charge in [-0.25, -0.2) is 0 Å². The lowest BCUT2D eigenvalue weighted by Gasteiger charge is -2.19. The molecule has 0 N–H and O–H groups in total. The number of benzene rings is 1. The Morgan fingerprint density at radius 3 is 2.71 bits per heavy atom. The van der Waals surface area contributed by atoms with Gasteiger partial charge in [0, 0.05) is 11.5 Å². The van der Waals surface area contributed by atoms with Crippen LogP contribution in [0.2, 0.25) is 0 Å². The van der Waals surface area contributed by atoms with Crippen LogP contribution in [0, 0.1) is 5.92 Å². The van der Waals surface area contributed by atoms with E-state index in [1.54, 1.807) is 7.11 Å². The highest BCUT2D eigenvalue weighted by atomic mass is 16.6. The van der Waals surface area contributed by atoms with Crippen molar-refractivity contribution >= 4 is 5.71 Å². The van der Waals surface area contributed by atoms with E-state index in [4.69, 9.17) is 14.3 Å². The Hall–Kier alpha value is -1.71. The molecular formula is C13H15NO3. The van der Waals surface area contributed by atoms with Crippen molar-refractivity contribution in [2.24, 2.45) is 11.1 Å². The molecule has 2 aliphatic rings. The predicted octanol–water partition coefficient (Wildman–Crippen LogP) is 2.22. The fourth-order valence-corrected chi connectivity index (χ4v) is 2.02. The molecule has 1 fully saturated rings. The molecule has 3 rings (SSSR count). The second-order valence-electron chi connectivity index (χ2n) is 4.29. The topological polar surface area (TPSA) is 40.0 Å². The number of oxime groups is 1. The van der Waals surface area contributed by atoms with E-state index in [9.17, 15) is 0 Å². The Labute approximate surface area is 100 Å². The van der Waals surface area contributed by atoms with Crippen LogP contribution in [0.5, 0.6) is 11.5 Å². The Morgan fingerprint density at radius 2 is 2.00 bits per heavy atom. The molecule has 1 heterocycles. The SMILES string of the molecule is CON=C(c1ccc2c(c1)OCCO2)C1CC1. The van der Waals surface area contributed by atoms with Gasteiger partial charge in [-0.3, -0.25) is 0 Å². The maximum Gasteiger partial charge on any atom is 0.162 e. The van der Waals surface area contributed by atoms with Crippen LogP contribution in [0.25, 0.3) is 0 Å². The van der Waals surface area contributed by atoms with Crippen molar-refractivity contribution < 1.29 is 14.3 Å². The third-order valence-electron chi connectivity index (χ3n) is 2.99. The molecular weight excluding hydrogens is 218 g/mol. The van der Waals surface area contributed by atoms with Crippen LogP contribution in [0.15, 0.2) is 23.4 Å². The smallest absolute Gasteiger partial charge is 0.162 e. The van der Waals surface area contributed by atoms with Gasteiger partial charge in [0.25, 0.3) is 0 Å². The molecule has 17 heavy (non-hydrogen) atoms. The summed E-state index contributed by atoms with van der Waals surface area (Å²) in [7, 11) is 1.58. The minimum atomic E-state index is 0.539. The first-order chi connectivity index (χ1) is 8.38. The van der Waals surface area contributed by atoms with Crippen LogP contribution in [-0.4, -0.2) is 26.0 Å². The first kappa shape index (κ1) is 10.4. The highest BCUT2D eigenvalue weighted by molar-refractivity contribution is 6.03. The zero-order chi connectivity index (χ0) is 11.7. The quantitative estimate of drug-likeness (QED) is 0.593. The Bertz CT molecular complexity index is 452. The zero-order valence-corrected chi connectivity index (χ0v) is 9.81. The normalized spacial score (nSPS) is 19.0. The summed E-state index contributed by atoms with van der Waals surface area (Å²) in [5.41, 5.74) is 2.09. The summed E-state index contributed by atoms with van der Waals surface area (Å²) in [5, 5.41) is 4.13. The summed E-state index contributed by atoms with van der Waals surface area (Å²) in [4.78, 5) is 4.92. The van der Waals surface area contributed by atoms with E-state index in [-0.39, 0.29) is 0 Å². The molecule has 4 heteroatoms. The lowest BCUT2D eigenvalue weighted by atomic mass is 10.1. The van der Waals surface area contributed by atoms with Crippen molar-refractivity contribution in [2.75, 3.05) is 20.3 Å². The van der Waals surface area contributed by atoms with Crippen LogP contribution in [0.1, 0.15) is 18.4 Å². The maximum absolute atomic E-state index is 5.57. The van der Waals surface area contributed by atoms with E-state index in [1.165, 1.54) is 12.8 Å². The first-order valence-electron chi connectivity index (χ1n) is 5.89. The molecule has 0 amide bonds. The van der Waals surface area contributed by atoms with Gasteiger partial charge in [0.15, 0.2) is 11.5 Å². The van der Waals surface area contributed by atoms with Crippen molar-refractivity contribution in [3.63, 3.8) is 0 Å². The maximum atomic E-state index is 5.57. The van der Waals surface area contributed by atoms with Gasteiger partial charge in [0.2, 0.25) is 0 Å². The first-order valence-corrected chi connectivity index (χ1v) is 5.89. The van der Waals surface area contributed by atoms with E-state index in [0.717, 1.165) is 22.8 Å². The van der Waals surface area contributed by atoms with Crippen LogP contribution in [0.4, 0.5) is 0 Å². The average molecular weight is 233 g/mol. The van der Waals surface area contributed by atoms with Gasteiger partial charge in [-0.05, 0) is 31.0 Å². The van der Waals surface area contributed by atoms with Crippen molar-refractivity contribution in [2.45, 2.75) is 12.8 Å². The van der Waals surface area contributed by atoms with Crippen molar-refractivity contribution in [1.29, 1.82) is 0 Å². The lowest BCUT2D eigenvalue weighted by molar-refractivity contribution is 0.171. The summed E-state index contributed by atoms with van der Waals surface area (Å²) in [6.45, 7) is 1.23. The van der Waals surface area contributed by atoms with Crippen molar-refractivity contribution in [1.82, 2.24) is 0 Å². The molecule has 0 radical (unpaired) electrons. The molecule has 1 aromatic carbocycles. The third kappa shape index (κ3) is 2.07. The molecule has 0 spiro atoms. The molecule has 0 unspecified atom stereocenters. The van der Waals surface area contributed by atoms with E-state index < -0.39 is 0 Å². The van der Waals surface area contributed by atoms with Crippen molar-refractivity contribution in [3.05, 3.63) is 23.8 Å². The fraction of sp³-hybridized carbons (Fsp3) is 0.462. The minimum absolute atomic E-state index is 0.539. The second-order valence-corrected chi connectivity index (χ2v) is 4.29. The van der Waals surface area contributed by atoms with Gasteiger partial charge in [-0.1, -0.05) is 5.16 Å². The molecule has 1 aliphatic carbocycles. The van der Waals surface area contributed by atoms with E-state index >= 15 is 0 Å². The zero-order valence-electron chi connectivity index (χ0n) is 9.81. The Balaban J connectivity index is 1.94. The summed E-state index contributed by atoms with van der Waals surface area (Å²) in [6, 6.07) is 5.95. The molecule has 1 aromatic rings. The molecule has 1 aliphatic heterocycles. The Morgan fingerprint density at radius 1 is 1.24 bits per heavy atom. The predicted molar refractivity (Wildman–Crippen MR) is 63.7 cm³/mol. The van der Waals surface area contributed by atoms with Gasteiger partial charge >= 0.3 is 0 Å². The van der Waals surface area contributed by atoms with Crippen LogP contribution in [-0.2, 0) is 4.84 Å². The number of hydrogen-bond donors (Lipinski definition) is 0. The van der Waals surface area contributed by atoms with Gasteiger partial charge in [-0.15, -0.1) is 0 Å². The van der Waals surface area contributed by atoms with Crippen LogP contribution >= 0.6 is 0 Å². The summed E-state index contributed by atoms with van der Waals surface area (Å²) < 4.78 is 11.1. The molecule has 0 atom stereocenters. The minimum Gasteiger partial charge on any atom is -0.486 e. The summed E-state index contributed by atoms with van der Waals surface area (Å²) >= 11 is 0. The molecule has 0 aromatic heterocycles. The summed E-state index contributed by atoms with van der Waals surface area (Å²) in [5.74, 6) is 2.16. The largest absolute Gasteiger partial charge is 0.486 e. The van der Waals surface area contributed by atoms with Crippen LogP contribution in [0.3, 0.4) is 0 Å². The van der Waals surface area contributed by atoms with Crippen LogP contribution < -0.4 is 9.47 Å². The second kappa shape index (κ2) is 4.28. The number of ether oxygens (including phenoxy) is 2. The number of hydrogen-bond acceptors (Lipinski definition) is 4. The average Bonchev–Trinajstić information content (AvgIpc) is 3.20. The van der Waals surface area contributed by atoms with Gasteiger partial charge in [0.05, 0.1) is 5.71 Å². The standard InChI is InChI=1S/C13H15NO3/c1-15-14-13(9-2-3-9)10-4-5-11-12(8-10)17-7-6-16-11/h4-5,8-9H,2-3,6-7H2,1H3. The lowest BCUT2D eigenvalue weighted by Crippen LogP contribution is -2.16. The molecule has 1 saturated carbocycles. The highest BCUT2D eigenvalue weighted by Crippen LogP contribution is 2.37. The van der Waals surface area contributed by atoms with Gasteiger partial charge < -0.3 is 14.3 Å². The molecule has 90 valence electrons. The molecule has 0 saturated heterocycles. The third-order valence-corrected chi connectivity index (χ3v) is 2.99. The van der Waals surface area contributed by atoms with E-state index in [1.807, 2.05) is 18.2 Å². The van der Waals surface area contributed by atoms with Crippen molar-refractivity contribution in [3.8, 4) is 11.5 Å². The van der Waals surface area contributed by atoms with E-state index in [0.29, 0.717) is 19.1 Å². The number of nitrogens with zero attached hydrogens (tertiary/aromatic N) is 1. The number of fused-ring (bicyclic) bond motifs is 1. The highest BCUT2D eigenvalue weighted by Gasteiger charge is 2.30. The van der Waals surface area contributed by atoms with E-state index in [2.05, 4.69) is 5.16 Å². The van der Waals surface area contributed by atoms with Gasteiger partial charge in [-0.2, -0.15) is 0 Å². The number of rotatable bonds is 3. The Kier molecular flexibility index (Phi) is 2.63. The van der Waals surface area contributed by atoms with Gasteiger partial charge in [0.1, 0.15) is 20.3 Å². The monoisotopic (exact) mass is 233 g/mol. The molecule has 4 nitrogen and oxygen atoms in total. The molecule has 0 bridgehead atoms.